The lowest BCUT2D eigenvalue weighted by molar-refractivity contribution is -0.133. The van der Waals surface area contributed by atoms with Crippen molar-refractivity contribution in [1.82, 2.24) is 19.7 Å². The Labute approximate surface area is 173 Å². The third kappa shape index (κ3) is 3.22. The van der Waals surface area contributed by atoms with Crippen molar-refractivity contribution in [1.29, 1.82) is 10.7 Å². The molecule has 3 heterocycles. The van der Waals surface area contributed by atoms with E-state index in [1.54, 1.807) is 28.8 Å². The van der Waals surface area contributed by atoms with Gasteiger partial charge in [0, 0.05) is 36.6 Å². The van der Waals surface area contributed by atoms with E-state index in [-0.39, 0.29) is 11.8 Å². The molecule has 1 aromatic carbocycles. The van der Waals surface area contributed by atoms with Gasteiger partial charge in [-0.3, -0.25) is 9.48 Å². The predicted molar refractivity (Wildman–Crippen MR) is 115 cm³/mol. The Morgan fingerprint density at radius 2 is 2.23 bits per heavy atom. The number of pyridine rings is 1. The normalized spacial score (nSPS) is 17.9. The molecule has 0 spiro atoms. The van der Waals surface area contributed by atoms with Crippen LogP contribution in [0.25, 0.3) is 27.5 Å². The fraction of sp³-hybridized carbons (Fsp3) is 0.286. The van der Waals surface area contributed by atoms with Crippen LogP contribution in [0.15, 0.2) is 30.5 Å². The van der Waals surface area contributed by atoms with Crippen LogP contribution in [0.1, 0.15) is 24.9 Å². The van der Waals surface area contributed by atoms with Gasteiger partial charge in [0.1, 0.15) is 17.4 Å². The van der Waals surface area contributed by atoms with Gasteiger partial charge in [-0.2, -0.15) is 10.4 Å². The van der Waals surface area contributed by atoms with Gasteiger partial charge >= 0.3 is 0 Å². The molecule has 1 saturated heterocycles. The molecule has 5 N–H and O–H groups in total. The van der Waals surface area contributed by atoms with Crippen molar-refractivity contribution in [2.75, 3.05) is 18.8 Å². The molecule has 1 amide bonds. The van der Waals surface area contributed by atoms with Crippen molar-refractivity contribution in [3.63, 3.8) is 0 Å². The number of fused-ring (bicyclic) bond motifs is 3. The smallest absolute Gasteiger partial charge is 0.247 e. The first-order valence-electron chi connectivity index (χ1n) is 9.66. The second-order valence-electron chi connectivity index (χ2n) is 7.46. The molecule has 0 bridgehead atoms. The fourth-order valence-corrected chi connectivity index (χ4v) is 3.80. The molecule has 30 heavy (non-hydrogen) atoms. The summed E-state index contributed by atoms with van der Waals surface area (Å²) in [7, 11) is 0. The average molecular weight is 402 g/mol. The van der Waals surface area contributed by atoms with Crippen LogP contribution in [-0.2, 0) is 4.79 Å². The standard InChI is InChI=1S/C21H22N8O/c1-12(21(30)28-7-5-13(9-23)10-28)29-11-16-19(27-29)15-3-2-14(17(24)4-6-22)8-18(15)26-20(16)25/h2-4,6,8,11-13,22H,5,7,10,24H2,1H3,(H2,25,26)/b17-4-,22-6?/t12?,13-/m1/s1. The number of aromatic nitrogens is 3. The molecule has 4 rings (SSSR count). The van der Waals surface area contributed by atoms with Gasteiger partial charge in [0.05, 0.1) is 22.9 Å². The number of nitrogens with zero attached hydrogens (tertiary/aromatic N) is 5. The molecule has 1 aliphatic rings. The van der Waals surface area contributed by atoms with Crippen LogP contribution >= 0.6 is 0 Å². The van der Waals surface area contributed by atoms with Crippen molar-refractivity contribution in [2.24, 2.45) is 11.7 Å². The molecular formula is C21H22N8O. The van der Waals surface area contributed by atoms with E-state index < -0.39 is 6.04 Å². The lowest BCUT2D eigenvalue weighted by Gasteiger charge is -2.20. The summed E-state index contributed by atoms with van der Waals surface area (Å²) >= 11 is 0. The monoisotopic (exact) mass is 402 g/mol. The number of anilines is 1. The van der Waals surface area contributed by atoms with E-state index in [0.717, 1.165) is 17.2 Å². The first kappa shape index (κ1) is 19.4. The summed E-state index contributed by atoms with van der Waals surface area (Å²) in [5.74, 6) is 0.147. The van der Waals surface area contributed by atoms with Crippen LogP contribution in [0.4, 0.5) is 5.82 Å². The van der Waals surface area contributed by atoms with Crippen LogP contribution in [-0.4, -0.2) is 44.9 Å². The van der Waals surface area contributed by atoms with E-state index in [9.17, 15) is 4.79 Å². The van der Waals surface area contributed by atoms with Gasteiger partial charge in [-0.25, -0.2) is 4.98 Å². The zero-order chi connectivity index (χ0) is 21.4. The fourth-order valence-electron chi connectivity index (χ4n) is 3.80. The molecule has 2 atom stereocenters. The highest BCUT2D eigenvalue weighted by Crippen LogP contribution is 2.30. The van der Waals surface area contributed by atoms with Crippen LogP contribution in [0.2, 0.25) is 0 Å². The maximum atomic E-state index is 12.9. The van der Waals surface area contributed by atoms with Gasteiger partial charge in [-0.1, -0.05) is 6.07 Å². The van der Waals surface area contributed by atoms with Gasteiger partial charge < -0.3 is 21.8 Å². The number of nitrogens with one attached hydrogen (secondary N) is 1. The maximum Gasteiger partial charge on any atom is 0.247 e. The number of carbonyl (C=O) groups excluding carboxylic acids is 1. The Bertz CT molecular complexity index is 1240. The number of hydrogen-bond acceptors (Lipinski definition) is 7. The first-order valence-corrected chi connectivity index (χ1v) is 9.66. The summed E-state index contributed by atoms with van der Waals surface area (Å²) in [4.78, 5) is 19.1. The summed E-state index contributed by atoms with van der Waals surface area (Å²) in [6.45, 7) is 2.84. The van der Waals surface area contributed by atoms with E-state index >= 15 is 0 Å². The molecule has 0 aliphatic carbocycles. The molecule has 9 nitrogen and oxygen atoms in total. The zero-order valence-corrected chi connectivity index (χ0v) is 16.5. The van der Waals surface area contributed by atoms with Gasteiger partial charge in [-0.05, 0) is 37.1 Å². The number of amides is 1. The van der Waals surface area contributed by atoms with Crippen molar-refractivity contribution in [3.8, 4) is 6.07 Å². The average Bonchev–Trinajstić information content (AvgIpc) is 3.40. The van der Waals surface area contributed by atoms with Gasteiger partial charge in [0.2, 0.25) is 5.91 Å². The minimum absolute atomic E-state index is 0.0665. The van der Waals surface area contributed by atoms with Crippen molar-refractivity contribution in [3.05, 3.63) is 36.0 Å². The summed E-state index contributed by atoms with van der Waals surface area (Å²) in [5, 5.41) is 22.4. The molecule has 3 aromatic rings. The summed E-state index contributed by atoms with van der Waals surface area (Å²) in [6.07, 6.45) is 5.08. The number of benzene rings is 1. The number of nitrogen functional groups attached to an aromatic ring is 1. The third-order valence-corrected chi connectivity index (χ3v) is 5.53. The number of nitrogens with two attached hydrogens (primary N) is 2. The Hall–Kier alpha value is -3.93. The van der Waals surface area contributed by atoms with E-state index in [4.69, 9.17) is 22.1 Å². The Morgan fingerprint density at radius 1 is 1.43 bits per heavy atom. The quantitative estimate of drug-likeness (QED) is 0.568. The molecule has 9 heteroatoms. The van der Waals surface area contributed by atoms with Crippen LogP contribution in [0.5, 0.6) is 0 Å². The summed E-state index contributed by atoms with van der Waals surface area (Å²) in [5.41, 5.74) is 14.6. The molecule has 0 radical (unpaired) electrons. The molecule has 2 aromatic heterocycles. The lowest BCUT2D eigenvalue weighted by Crippen LogP contribution is -2.34. The maximum absolute atomic E-state index is 12.9. The molecule has 1 fully saturated rings. The lowest BCUT2D eigenvalue weighted by atomic mass is 10.1. The van der Waals surface area contributed by atoms with E-state index in [2.05, 4.69) is 16.2 Å². The first-order chi connectivity index (χ1) is 14.4. The molecule has 1 aliphatic heterocycles. The number of rotatable bonds is 4. The molecule has 1 unspecified atom stereocenters. The Morgan fingerprint density at radius 3 is 2.93 bits per heavy atom. The van der Waals surface area contributed by atoms with Crippen molar-refractivity contribution >= 4 is 45.4 Å². The van der Waals surface area contributed by atoms with Crippen molar-refractivity contribution < 1.29 is 4.79 Å². The number of allylic oxidation sites excluding steroid dienone is 1. The summed E-state index contributed by atoms with van der Waals surface area (Å²) in [6, 6.07) is 7.23. The number of nitriles is 1. The zero-order valence-electron chi connectivity index (χ0n) is 16.5. The highest BCUT2D eigenvalue weighted by molar-refractivity contribution is 6.08. The molecular weight excluding hydrogens is 380 g/mol. The van der Waals surface area contributed by atoms with Crippen molar-refractivity contribution in [2.45, 2.75) is 19.4 Å². The molecule has 0 saturated carbocycles. The Kier molecular flexibility index (Phi) is 4.83. The highest BCUT2D eigenvalue weighted by Gasteiger charge is 2.30. The number of hydrogen-bond donors (Lipinski definition) is 3. The van der Waals surface area contributed by atoms with Crippen LogP contribution < -0.4 is 11.5 Å². The number of likely N-dealkylation sites (tertiary alicyclic amines) is 1. The van der Waals surface area contributed by atoms with Crippen LogP contribution in [0, 0.1) is 22.7 Å². The molecule has 152 valence electrons. The van der Waals surface area contributed by atoms with E-state index in [1.165, 1.54) is 6.08 Å². The van der Waals surface area contributed by atoms with E-state index in [0.29, 0.717) is 47.4 Å². The van der Waals surface area contributed by atoms with Gasteiger partial charge in [0.15, 0.2) is 0 Å². The predicted octanol–water partition coefficient (Wildman–Crippen LogP) is 2.05. The van der Waals surface area contributed by atoms with Gasteiger partial charge in [0.25, 0.3) is 0 Å². The third-order valence-electron chi connectivity index (χ3n) is 5.53. The van der Waals surface area contributed by atoms with Gasteiger partial charge in [-0.15, -0.1) is 0 Å². The SMILES string of the molecule is CC(C(=O)N1CC[C@H](C#N)C1)n1cc2c(N)nc3cc(/C(N)=C/C=N)ccc3c2n1. The largest absolute Gasteiger partial charge is 0.398 e. The highest BCUT2D eigenvalue weighted by atomic mass is 16.2. The topological polar surface area (TPSA) is 151 Å². The van der Waals surface area contributed by atoms with E-state index in [1.807, 2.05) is 12.1 Å². The number of carbonyl (C=O) groups is 1. The minimum atomic E-state index is -0.519. The second-order valence-corrected chi connectivity index (χ2v) is 7.46. The van der Waals surface area contributed by atoms with Crippen LogP contribution in [0.3, 0.4) is 0 Å². The minimum Gasteiger partial charge on any atom is -0.398 e. The second kappa shape index (κ2) is 7.48. The summed E-state index contributed by atoms with van der Waals surface area (Å²) < 4.78 is 1.61. The Balaban J connectivity index is 1.73.